The first kappa shape index (κ1) is 36.0. The van der Waals surface area contributed by atoms with Crippen molar-refractivity contribution in [3.63, 3.8) is 0 Å². The summed E-state index contributed by atoms with van der Waals surface area (Å²) in [6.07, 6.45) is -0.0684. The van der Waals surface area contributed by atoms with Crippen molar-refractivity contribution in [1.29, 1.82) is 5.26 Å². The summed E-state index contributed by atoms with van der Waals surface area (Å²) in [5.74, 6) is -5.09. The van der Waals surface area contributed by atoms with Gasteiger partial charge in [0.05, 0.1) is 16.6 Å². The first-order chi connectivity index (χ1) is 22.8. The summed E-state index contributed by atoms with van der Waals surface area (Å²) >= 11 is 0. The van der Waals surface area contributed by atoms with Crippen LogP contribution in [-0.2, 0) is 20.8 Å². The summed E-state index contributed by atoms with van der Waals surface area (Å²) in [4.78, 5) is 73.1. The van der Waals surface area contributed by atoms with E-state index in [-0.39, 0.29) is 42.7 Å². The van der Waals surface area contributed by atoms with Crippen LogP contribution in [0.1, 0.15) is 50.2 Å². The predicted octanol–water partition coefficient (Wildman–Crippen LogP) is 1.47. The maximum Gasteiger partial charge on any atom is 0.341 e. The molecule has 7 N–H and O–H groups in total. The Hall–Kier alpha value is -6.50. The van der Waals surface area contributed by atoms with E-state index in [1.165, 1.54) is 49.4 Å². The van der Waals surface area contributed by atoms with Crippen molar-refractivity contribution >= 4 is 35.3 Å². The van der Waals surface area contributed by atoms with Crippen LogP contribution in [0, 0.1) is 28.4 Å². The Bertz CT molecular complexity index is 1750. The maximum absolute atomic E-state index is 13.4. The van der Waals surface area contributed by atoms with Crippen molar-refractivity contribution < 1.29 is 43.8 Å². The van der Waals surface area contributed by atoms with Gasteiger partial charge in [-0.1, -0.05) is 24.3 Å². The molecule has 0 aliphatic heterocycles. The number of primary amides is 1. The fourth-order valence-electron chi connectivity index (χ4n) is 4.48. The Kier molecular flexibility index (Phi) is 12.5. The Morgan fingerprint density at radius 2 is 1.73 bits per heavy atom. The molecule has 0 bridgehead atoms. The Morgan fingerprint density at radius 1 is 1.02 bits per heavy atom. The van der Waals surface area contributed by atoms with Gasteiger partial charge in [-0.2, -0.15) is 5.26 Å². The van der Waals surface area contributed by atoms with Crippen molar-refractivity contribution in [1.82, 2.24) is 16.0 Å². The third-order valence-corrected chi connectivity index (χ3v) is 7.00. The number of ether oxygens (including phenoxy) is 1. The highest BCUT2D eigenvalue weighted by atomic mass is 16.6. The molecule has 48 heavy (non-hydrogen) atoms. The fraction of sp³-hybridized carbons (Fsp3) is 0.250. The van der Waals surface area contributed by atoms with E-state index in [1.807, 2.05) is 6.07 Å². The molecular weight excluding hydrogens is 628 g/mol. The van der Waals surface area contributed by atoms with E-state index >= 15 is 0 Å². The van der Waals surface area contributed by atoms with Crippen LogP contribution in [0.5, 0.6) is 11.5 Å². The zero-order valence-corrected chi connectivity index (χ0v) is 25.6. The minimum atomic E-state index is -1.38. The quantitative estimate of drug-likeness (QED) is 0.0727. The number of hydrogen-bond donors (Lipinski definition) is 6. The maximum atomic E-state index is 13.4. The van der Waals surface area contributed by atoms with E-state index in [2.05, 4.69) is 16.0 Å². The molecule has 0 heterocycles. The van der Waals surface area contributed by atoms with Gasteiger partial charge in [-0.3, -0.25) is 29.3 Å². The van der Waals surface area contributed by atoms with E-state index in [0.29, 0.717) is 11.1 Å². The van der Waals surface area contributed by atoms with Crippen molar-refractivity contribution in [2.75, 3.05) is 13.2 Å². The number of nitrogens with one attached hydrogen (secondary N) is 3. The number of nitro groups is 1. The normalized spacial score (nSPS) is 11.7. The van der Waals surface area contributed by atoms with Gasteiger partial charge in [0, 0.05) is 18.5 Å². The Labute approximate surface area is 273 Å². The molecule has 0 aliphatic carbocycles. The number of carboxylic acids is 1. The minimum absolute atomic E-state index is 0.00531. The number of aromatic hydroxyl groups is 1. The third kappa shape index (κ3) is 10.0. The van der Waals surface area contributed by atoms with Gasteiger partial charge in [0.2, 0.25) is 11.8 Å². The van der Waals surface area contributed by atoms with Crippen molar-refractivity contribution in [3.8, 4) is 17.6 Å². The Balaban J connectivity index is 1.76. The minimum Gasteiger partial charge on any atom is -0.502 e. The van der Waals surface area contributed by atoms with Gasteiger partial charge in [0.15, 0.2) is 12.4 Å². The molecule has 3 rings (SSSR count). The van der Waals surface area contributed by atoms with Crippen molar-refractivity contribution in [2.45, 2.75) is 38.3 Å². The molecule has 0 spiro atoms. The summed E-state index contributed by atoms with van der Waals surface area (Å²) in [7, 11) is 0. The fourth-order valence-corrected chi connectivity index (χ4v) is 4.48. The third-order valence-electron chi connectivity index (χ3n) is 7.00. The van der Waals surface area contributed by atoms with E-state index in [0.717, 1.165) is 6.07 Å². The number of aryl methyl sites for hydroxylation is 1. The zero-order chi connectivity index (χ0) is 35.4. The number of phenols is 1. The number of phenolic OH excluding ortho intramolecular Hbond substituents is 1. The van der Waals surface area contributed by atoms with Gasteiger partial charge in [0.1, 0.15) is 23.4 Å². The summed E-state index contributed by atoms with van der Waals surface area (Å²) in [6, 6.07) is 13.8. The Morgan fingerprint density at radius 3 is 2.35 bits per heavy atom. The lowest BCUT2D eigenvalue weighted by Gasteiger charge is -2.22. The highest BCUT2D eigenvalue weighted by Crippen LogP contribution is 2.33. The van der Waals surface area contributed by atoms with Crippen LogP contribution >= 0.6 is 0 Å². The van der Waals surface area contributed by atoms with Crippen molar-refractivity contribution in [2.24, 2.45) is 5.73 Å². The number of carbonyl (C=O) groups is 5. The number of benzene rings is 3. The second kappa shape index (κ2) is 16.7. The smallest absolute Gasteiger partial charge is 0.341 e. The summed E-state index contributed by atoms with van der Waals surface area (Å²) in [6.45, 7) is 0.802. The molecule has 0 saturated carbocycles. The summed E-state index contributed by atoms with van der Waals surface area (Å²) < 4.78 is 5.08. The predicted molar refractivity (Wildman–Crippen MR) is 168 cm³/mol. The van der Waals surface area contributed by atoms with E-state index in [9.17, 15) is 39.2 Å². The lowest BCUT2D eigenvalue weighted by molar-refractivity contribution is -0.386. The SMILES string of the molecule is Cc1ccc(C(=O)N[C@@H](CCCNC(=O)c2cccc(OCC(=O)O)c2)C(=O)N[C@@H](Cc2ccc(C#N)cc2)C(N)=O)c([N+](=O)[O-])c1O. The lowest BCUT2D eigenvalue weighted by Crippen LogP contribution is -2.53. The van der Waals surface area contributed by atoms with Gasteiger partial charge >= 0.3 is 11.7 Å². The first-order valence-corrected chi connectivity index (χ1v) is 14.4. The van der Waals surface area contributed by atoms with Gasteiger partial charge in [0.25, 0.3) is 11.8 Å². The van der Waals surface area contributed by atoms with E-state index in [1.54, 1.807) is 12.1 Å². The van der Waals surface area contributed by atoms with Gasteiger partial charge in [-0.05, 0) is 67.3 Å². The van der Waals surface area contributed by atoms with E-state index in [4.69, 9.17) is 20.8 Å². The molecule has 250 valence electrons. The van der Waals surface area contributed by atoms with Crippen LogP contribution < -0.4 is 26.4 Å². The molecule has 3 aromatic carbocycles. The summed E-state index contributed by atoms with van der Waals surface area (Å²) in [5.41, 5.74) is 5.44. The standard InChI is InChI=1S/C32H32N6O10/c1-18-7-12-23(27(28(18)41)38(46)47)31(44)36-24(32(45)37-25(29(34)42)14-19-8-10-20(16-33)11-9-19)6-3-13-35-30(43)21-4-2-5-22(15-21)48-17-26(39)40/h2,4-5,7-12,15,24-25,41H,3,6,13-14,17H2,1H3,(H2,34,42)(H,35,43)(H,36,44)(H,37,45)(H,39,40)/t24-,25-/m0/s1. The number of hydrogen-bond acceptors (Lipinski definition) is 10. The van der Waals surface area contributed by atoms with Crippen LogP contribution in [0.3, 0.4) is 0 Å². The molecule has 0 saturated heterocycles. The number of nitrogens with two attached hydrogens (primary N) is 1. The molecule has 4 amide bonds. The second-order valence-corrected chi connectivity index (χ2v) is 10.5. The molecule has 3 aromatic rings. The number of amides is 4. The molecular formula is C32H32N6O10. The van der Waals surface area contributed by atoms with Crippen molar-refractivity contribution in [3.05, 3.63) is 98.6 Å². The highest BCUT2D eigenvalue weighted by Gasteiger charge is 2.30. The zero-order valence-electron chi connectivity index (χ0n) is 25.6. The number of nitro benzene ring substituents is 1. The average molecular weight is 661 g/mol. The number of carboxylic acid groups (broad SMARTS) is 1. The number of rotatable bonds is 16. The molecule has 0 fully saturated rings. The van der Waals surface area contributed by atoms with Crippen LogP contribution in [0.25, 0.3) is 0 Å². The molecule has 16 nitrogen and oxygen atoms in total. The number of carbonyl (C=O) groups excluding carboxylic acids is 4. The number of aliphatic carboxylic acids is 1. The highest BCUT2D eigenvalue weighted by molar-refractivity contribution is 6.02. The van der Waals surface area contributed by atoms with Crippen LogP contribution in [0.2, 0.25) is 0 Å². The largest absolute Gasteiger partial charge is 0.502 e. The van der Waals surface area contributed by atoms with Gasteiger partial charge in [-0.15, -0.1) is 0 Å². The topological polar surface area (TPSA) is 264 Å². The monoisotopic (exact) mass is 660 g/mol. The molecule has 16 heteroatoms. The van der Waals surface area contributed by atoms with Crippen LogP contribution in [-0.4, -0.2) is 70.0 Å². The van der Waals surface area contributed by atoms with Crippen LogP contribution in [0.15, 0.2) is 60.7 Å². The average Bonchev–Trinajstić information content (AvgIpc) is 3.05. The lowest BCUT2D eigenvalue weighted by atomic mass is 10.0. The van der Waals surface area contributed by atoms with E-state index < -0.39 is 70.2 Å². The molecule has 0 aromatic heterocycles. The first-order valence-electron chi connectivity index (χ1n) is 14.4. The second-order valence-electron chi connectivity index (χ2n) is 10.5. The molecule has 0 radical (unpaired) electrons. The number of nitriles is 1. The molecule has 0 aliphatic rings. The summed E-state index contributed by atoms with van der Waals surface area (Å²) in [5, 5.41) is 47.3. The number of nitrogens with zero attached hydrogens (tertiary/aromatic N) is 2. The van der Waals surface area contributed by atoms with Gasteiger partial charge < -0.3 is 36.6 Å². The van der Waals surface area contributed by atoms with Gasteiger partial charge in [-0.25, -0.2) is 4.79 Å². The molecule has 2 atom stereocenters. The van der Waals surface area contributed by atoms with Crippen LogP contribution in [0.4, 0.5) is 5.69 Å². The molecule has 0 unspecified atom stereocenters.